The van der Waals surface area contributed by atoms with Crippen LogP contribution in [0.15, 0.2) is 40.5 Å². The fourth-order valence-electron chi connectivity index (χ4n) is 1.49. The molecule has 20 heavy (non-hydrogen) atoms. The molecule has 0 radical (unpaired) electrons. The molecule has 0 aromatic heterocycles. The highest BCUT2D eigenvalue weighted by atomic mass is 32.2. The number of hydrogen-bond donors (Lipinski definition) is 1. The van der Waals surface area contributed by atoms with Gasteiger partial charge in [-0.2, -0.15) is 13.2 Å². The zero-order valence-electron chi connectivity index (χ0n) is 9.89. The van der Waals surface area contributed by atoms with Crippen LogP contribution in [-0.4, -0.2) is 20.1 Å². The predicted octanol–water partition coefficient (Wildman–Crippen LogP) is 1.67. The van der Waals surface area contributed by atoms with Gasteiger partial charge in [0, 0.05) is 0 Å². The number of nitrogens with two attached hydrogens (primary N) is 1. The topological polar surface area (TPSA) is 81.8 Å². The van der Waals surface area contributed by atoms with E-state index in [4.69, 9.17) is 10.5 Å². The van der Waals surface area contributed by atoms with Gasteiger partial charge in [0.1, 0.15) is 12.4 Å². The molecule has 1 aromatic carbocycles. The Bertz CT molecular complexity index is 693. The largest absolute Gasteiger partial charge is 0.486 e. The van der Waals surface area contributed by atoms with E-state index in [1.54, 1.807) is 0 Å². The van der Waals surface area contributed by atoms with Gasteiger partial charge in [0.25, 0.3) is 0 Å². The molecule has 9 heteroatoms. The average Bonchev–Trinajstić information content (AvgIpc) is 2.61. The molecule has 0 amide bonds. The number of benzene rings is 1. The summed E-state index contributed by atoms with van der Waals surface area (Å²) in [7, 11) is -3.90. The monoisotopic (exact) mass is 306 g/mol. The molecule has 0 unspecified atom stereocenters. The van der Waals surface area contributed by atoms with Gasteiger partial charge in [0.05, 0.1) is 11.8 Å². The standard InChI is InChI=1S/C11H9F3N2O3S/c12-11(13,14)7-3-1-2-4-8(7)19-6-10-16-5-9(15)20(10,17)18/h1-5H,6,15H2. The van der Waals surface area contributed by atoms with Gasteiger partial charge < -0.3 is 10.5 Å². The van der Waals surface area contributed by atoms with Crippen molar-refractivity contribution in [2.24, 2.45) is 10.7 Å². The maximum Gasteiger partial charge on any atom is 0.419 e. The van der Waals surface area contributed by atoms with Crippen molar-refractivity contribution in [2.75, 3.05) is 6.61 Å². The third kappa shape index (κ3) is 2.62. The lowest BCUT2D eigenvalue weighted by Crippen LogP contribution is -2.23. The Morgan fingerprint density at radius 1 is 1.25 bits per heavy atom. The molecule has 1 aliphatic rings. The van der Waals surface area contributed by atoms with Gasteiger partial charge in [-0.25, -0.2) is 13.4 Å². The number of ether oxygens (including phenoxy) is 1. The fourth-order valence-corrected chi connectivity index (χ4v) is 2.36. The second-order valence-electron chi connectivity index (χ2n) is 3.84. The van der Waals surface area contributed by atoms with Crippen LogP contribution in [0.2, 0.25) is 0 Å². The van der Waals surface area contributed by atoms with Gasteiger partial charge in [0.15, 0.2) is 10.1 Å². The molecule has 2 N–H and O–H groups in total. The average molecular weight is 306 g/mol. The highest BCUT2D eigenvalue weighted by Gasteiger charge is 2.35. The van der Waals surface area contributed by atoms with E-state index >= 15 is 0 Å². The summed E-state index contributed by atoms with van der Waals surface area (Å²) in [4.78, 5) is 3.51. The minimum absolute atomic E-state index is 0.424. The van der Waals surface area contributed by atoms with Crippen LogP contribution in [0, 0.1) is 0 Å². The zero-order valence-corrected chi connectivity index (χ0v) is 10.7. The fraction of sp³-hybridized carbons (Fsp3) is 0.182. The van der Waals surface area contributed by atoms with E-state index in [1.165, 1.54) is 12.1 Å². The van der Waals surface area contributed by atoms with Crippen molar-refractivity contribution < 1.29 is 26.3 Å². The highest BCUT2D eigenvalue weighted by Crippen LogP contribution is 2.35. The number of halogens is 3. The van der Waals surface area contributed by atoms with E-state index in [2.05, 4.69) is 4.99 Å². The maximum atomic E-state index is 12.7. The first-order valence-electron chi connectivity index (χ1n) is 5.29. The van der Waals surface area contributed by atoms with Crippen molar-refractivity contribution in [3.05, 3.63) is 41.1 Å². The molecule has 0 saturated carbocycles. The van der Waals surface area contributed by atoms with E-state index in [9.17, 15) is 21.6 Å². The van der Waals surface area contributed by atoms with Crippen molar-refractivity contribution in [1.29, 1.82) is 0 Å². The van der Waals surface area contributed by atoms with E-state index < -0.39 is 44.0 Å². The normalized spacial score (nSPS) is 17.6. The summed E-state index contributed by atoms with van der Waals surface area (Å²) in [6.45, 7) is -0.618. The molecule has 108 valence electrons. The van der Waals surface area contributed by atoms with Crippen LogP contribution in [-0.2, 0) is 16.0 Å². The second kappa shape index (κ2) is 4.82. The predicted molar refractivity (Wildman–Crippen MR) is 65.6 cm³/mol. The van der Waals surface area contributed by atoms with E-state index in [0.717, 1.165) is 18.3 Å². The quantitative estimate of drug-likeness (QED) is 0.921. The number of hydrogen-bond acceptors (Lipinski definition) is 5. The van der Waals surface area contributed by atoms with Gasteiger partial charge in [-0.3, -0.25) is 0 Å². The summed E-state index contributed by atoms with van der Waals surface area (Å²) < 4.78 is 66.2. The number of nitrogens with zero attached hydrogens (tertiary/aromatic N) is 1. The summed E-state index contributed by atoms with van der Waals surface area (Å²) in [6.07, 6.45) is -3.67. The third-order valence-electron chi connectivity index (χ3n) is 2.50. The van der Waals surface area contributed by atoms with Crippen molar-refractivity contribution in [3.8, 4) is 5.75 Å². The molecule has 0 bridgehead atoms. The van der Waals surface area contributed by atoms with Crippen LogP contribution in [0.3, 0.4) is 0 Å². The van der Waals surface area contributed by atoms with Crippen LogP contribution in [0.25, 0.3) is 0 Å². The summed E-state index contributed by atoms with van der Waals surface area (Å²) in [6, 6.07) is 4.50. The Morgan fingerprint density at radius 3 is 2.45 bits per heavy atom. The summed E-state index contributed by atoms with van der Waals surface area (Å²) in [5.41, 5.74) is 4.21. The Balaban J connectivity index is 2.18. The summed E-state index contributed by atoms with van der Waals surface area (Å²) in [5, 5.41) is -0.882. The number of aliphatic imine (C=N–C) groups is 1. The van der Waals surface area contributed by atoms with Crippen molar-refractivity contribution in [3.63, 3.8) is 0 Å². The summed E-state index contributed by atoms with van der Waals surface area (Å²) in [5.74, 6) is -0.469. The molecule has 5 nitrogen and oxygen atoms in total. The minimum atomic E-state index is -4.59. The molecule has 0 atom stereocenters. The van der Waals surface area contributed by atoms with E-state index in [1.807, 2.05) is 0 Å². The number of alkyl halides is 3. The Hall–Kier alpha value is -2.03. The first kappa shape index (κ1) is 14.4. The minimum Gasteiger partial charge on any atom is -0.486 e. The second-order valence-corrected chi connectivity index (χ2v) is 5.79. The van der Waals surface area contributed by atoms with Crippen molar-refractivity contribution >= 4 is 14.9 Å². The van der Waals surface area contributed by atoms with Crippen molar-refractivity contribution in [2.45, 2.75) is 6.18 Å². The van der Waals surface area contributed by atoms with Crippen LogP contribution >= 0.6 is 0 Å². The van der Waals surface area contributed by atoms with E-state index in [-0.39, 0.29) is 0 Å². The van der Waals surface area contributed by atoms with Crippen LogP contribution in [0.5, 0.6) is 5.75 Å². The molecule has 1 aromatic rings. The van der Waals surface area contributed by atoms with Gasteiger partial charge in [0.2, 0.25) is 9.84 Å². The first-order chi connectivity index (χ1) is 9.23. The summed E-state index contributed by atoms with van der Waals surface area (Å²) >= 11 is 0. The SMILES string of the molecule is NC1=CN=C(COc2ccccc2C(F)(F)F)S1(=O)=O. The van der Waals surface area contributed by atoms with Gasteiger partial charge in [-0.15, -0.1) is 0 Å². The smallest absolute Gasteiger partial charge is 0.419 e. The highest BCUT2D eigenvalue weighted by molar-refractivity contribution is 8.10. The molecular weight excluding hydrogens is 297 g/mol. The molecule has 1 heterocycles. The number of sulfone groups is 1. The molecule has 0 aliphatic carbocycles. The van der Waals surface area contributed by atoms with Gasteiger partial charge in [-0.05, 0) is 12.1 Å². The molecule has 0 saturated heterocycles. The lowest BCUT2D eigenvalue weighted by molar-refractivity contribution is -0.138. The molecule has 0 fully saturated rings. The van der Waals surface area contributed by atoms with Gasteiger partial charge >= 0.3 is 6.18 Å². The van der Waals surface area contributed by atoms with Crippen LogP contribution < -0.4 is 10.5 Å². The Kier molecular flexibility index (Phi) is 3.46. The molecule has 0 spiro atoms. The molecule has 2 rings (SSSR count). The van der Waals surface area contributed by atoms with Crippen LogP contribution in [0.1, 0.15) is 5.56 Å². The van der Waals surface area contributed by atoms with Gasteiger partial charge in [-0.1, -0.05) is 12.1 Å². The zero-order chi connectivity index (χ0) is 15.0. The number of para-hydroxylation sites is 1. The van der Waals surface area contributed by atoms with E-state index in [0.29, 0.717) is 0 Å². The first-order valence-corrected chi connectivity index (χ1v) is 6.77. The Labute approximate surface area is 112 Å². The maximum absolute atomic E-state index is 12.7. The van der Waals surface area contributed by atoms with Crippen molar-refractivity contribution in [1.82, 2.24) is 0 Å². The lowest BCUT2D eigenvalue weighted by atomic mass is 10.2. The molecule has 1 aliphatic heterocycles. The molecular formula is C11H9F3N2O3S. The lowest BCUT2D eigenvalue weighted by Gasteiger charge is -2.13. The Morgan fingerprint density at radius 2 is 1.90 bits per heavy atom. The van der Waals surface area contributed by atoms with Crippen LogP contribution in [0.4, 0.5) is 13.2 Å². The third-order valence-corrected chi connectivity index (χ3v) is 4.07. The number of rotatable bonds is 3.